The van der Waals surface area contributed by atoms with Gasteiger partial charge in [-0.2, -0.15) is 0 Å². The number of benzene rings is 2. The van der Waals surface area contributed by atoms with E-state index in [-0.39, 0.29) is 21.9 Å². The van der Waals surface area contributed by atoms with Crippen LogP contribution in [0.25, 0.3) is 10.9 Å². The predicted octanol–water partition coefficient (Wildman–Crippen LogP) is 3.67. The highest BCUT2D eigenvalue weighted by molar-refractivity contribution is 7.91. The molecule has 6 nitrogen and oxygen atoms in total. The van der Waals surface area contributed by atoms with E-state index in [1.165, 1.54) is 29.2 Å². The lowest BCUT2D eigenvalue weighted by Crippen LogP contribution is -2.27. The van der Waals surface area contributed by atoms with Crippen LogP contribution in [0, 0.1) is 0 Å². The molecule has 0 saturated carbocycles. The Kier molecular flexibility index (Phi) is 5.53. The van der Waals surface area contributed by atoms with E-state index < -0.39 is 9.84 Å². The second kappa shape index (κ2) is 7.70. The van der Waals surface area contributed by atoms with Gasteiger partial charge < -0.3 is 0 Å². The Morgan fingerprint density at radius 3 is 2.63 bits per heavy atom. The molecule has 0 saturated heterocycles. The lowest BCUT2D eigenvalue weighted by atomic mass is 10.1. The lowest BCUT2D eigenvalue weighted by Gasteiger charge is -2.14. The summed E-state index contributed by atoms with van der Waals surface area (Å²) < 4.78 is 25.9. The zero-order valence-corrected chi connectivity index (χ0v) is 16.6. The molecule has 8 heteroatoms. The molecule has 3 rings (SSSR count). The van der Waals surface area contributed by atoms with Gasteiger partial charge in [0, 0.05) is 5.02 Å². The summed E-state index contributed by atoms with van der Waals surface area (Å²) in [5, 5.41) is 0.831. The van der Waals surface area contributed by atoms with Crippen molar-refractivity contribution in [2.45, 2.75) is 31.6 Å². The number of halogens is 1. The lowest BCUT2D eigenvalue weighted by molar-refractivity contribution is 0.597. The Labute approximate surface area is 162 Å². The number of sulfone groups is 1. The van der Waals surface area contributed by atoms with Crippen LogP contribution in [0.5, 0.6) is 0 Å². The molecule has 1 N–H and O–H groups in total. The maximum absolute atomic E-state index is 12.9. The van der Waals surface area contributed by atoms with Crippen LogP contribution >= 0.6 is 11.6 Å². The number of fused-ring (bicyclic) bond motifs is 1. The van der Waals surface area contributed by atoms with Gasteiger partial charge in [0.05, 0.1) is 27.2 Å². The fourth-order valence-corrected chi connectivity index (χ4v) is 4.04. The van der Waals surface area contributed by atoms with E-state index in [0.717, 1.165) is 18.4 Å². The monoisotopic (exact) mass is 405 g/mol. The van der Waals surface area contributed by atoms with Crippen LogP contribution < -0.4 is 11.0 Å². The van der Waals surface area contributed by atoms with Crippen LogP contribution in [0.15, 0.2) is 52.4 Å². The van der Waals surface area contributed by atoms with Crippen molar-refractivity contribution in [3.05, 3.63) is 63.7 Å². The highest BCUT2D eigenvalue weighted by atomic mass is 35.5. The molecular weight excluding hydrogens is 386 g/mol. The summed E-state index contributed by atoms with van der Waals surface area (Å²) >= 11 is 6.03. The van der Waals surface area contributed by atoms with Gasteiger partial charge in [-0.25, -0.2) is 18.1 Å². The first-order chi connectivity index (χ1) is 12.9. The molecule has 27 heavy (non-hydrogen) atoms. The van der Waals surface area contributed by atoms with Crippen LogP contribution in [-0.4, -0.2) is 23.8 Å². The van der Waals surface area contributed by atoms with Crippen molar-refractivity contribution >= 4 is 38.0 Å². The van der Waals surface area contributed by atoms with Gasteiger partial charge in [-0.3, -0.25) is 10.2 Å². The molecule has 0 aliphatic carbocycles. The summed E-state index contributed by atoms with van der Waals surface area (Å²) in [4.78, 5) is 17.3. The first kappa shape index (κ1) is 19.4. The quantitative estimate of drug-likeness (QED) is 0.676. The van der Waals surface area contributed by atoms with Crippen LogP contribution in [0.2, 0.25) is 5.02 Å². The fourth-order valence-electron chi connectivity index (χ4n) is 2.84. The number of rotatable bonds is 6. The summed E-state index contributed by atoms with van der Waals surface area (Å²) in [6, 6.07) is 10.0. The molecule has 1 aromatic heterocycles. The summed E-state index contributed by atoms with van der Waals surface area (Å²) in [5.74, 6) is -0.0610. The Morgan fingerprint density at radius 2 is 1.93 bits per heavy atom. The molecule has 0 atom stereocenters. The van der Waals surface area contributed by atoms with Gasteiger partial charge in [-0.05, 0) is 42.3 Å². The number of aryl methyl sites for hydroxylation is 1. The molecule has 0 fully saturated rings. The minimum Gasteiger partial charge on any atom is -0.289 e. The van der Waals surface area contributed by atoms with Crippen molar-refractivity contribution < 1.29 is 8.42 Å². The van der Waals surface area contributed by atoms with Crippen LogP contribution in [-0.2, 0) is 16.3 Å². The van der Waals surface area contributed by atoms with E-state index in [0.29, 0.717) is 15.9 Å². The minimum atomic E-state index is -3.49. The number of aromatic nitrogens is 2. The standard InChI is InChI=1S/C19H20ClN3O3S/c1-3-5-13-6-8-16-15(10-13)19(24)23(12-21-16)22-17-11-14(20)7-9-18(17)27(25,26)4-2/h6-12,22H,3-5H2,1-2H3. The number of hydrogen-bond donors (Lipinski definition) is 1. The summed E-state index contributed by atoms with van der Waals surface area (Å²) in [6.45, 7) is 3.63. The van der Waals surface area contributed by atoms with E-state index in [2.05, 4.69) is 17.3 Å². The van der Waals surface area contributed by atoms with E-state index in [9.17, 15) is 13.2 Å². The van der Waals surface area contributed by atoms with Gasteiger partial charge in [0.2, 0.25) is 0 Å². The molecule has 0 unspecified atom stereocenters. The van der Waals surface area contributed by atoms with Crippen LogP contribution in [0.1, 0.15) is 25.8 Å². The van der Waals surface area contributed by atoms with E-state index in [1.807, 2.05) is 18.2 Å². The third-order valence-corrected chi connectivity index (χ3v) is 6.28. The van der Waals surface area contributed by atoms with E-state index >= 15 is 0 Å². The summed E-state index contributed by atoms with van der Waals surface area (Å²) in [6.07, 6.45) is 3.18. The van der Waals surface area contributed by atoms with Crippen molar-refractivity contribution in [3.8, 4) is 0 Å². The molecule has 0 aliphatic heterocycles. The predicted molar refractivity (Wildman–Crippen MR) is 108 cm³/mol. The van der Waals surface area contributed by atoms with Crippen molar-refractivity contribution in [1.29, 1.82) is 0 Å². The highest BCUT2D eigenvalue weighted by Crippen LogP contribution is 2.26. The number of nitrogens with one attached hydrogen (secondary N) is 1. The van der Waals surface area contributed by atoms with Gasteiger partial charge in [0.1, 0.15) is 6.33 Å². The molecule has 0 spiro atoms. The van der Waals surface area contributed by atoms with Gasteiger partial charge in [0.15, 0.2) is 9.84 Å². The van der Waals surface area contributed by atoms with Crippen molar-refractivity contribution in [1.82, 2.24) is 9.66 Å². The third kappa shape index (κ3) is 3.99. The molecule has 0 bridgehead atoms. The molecule has 3 aromatic rings. The van der Waals surface area contributed by atoms with Crippen molar-refractivity contribution in [2.75, 3.05) is 11.2 Å². The zero-order chi connectivity index (χ0) is 19.6. The Hall–Kier alpha value is -2.38. The van der Waals surface area contributed by atoms with Crippen molar-refractivity contribution in [3.63, 3.8) is 0 Å². The molecule has 2 aromatic carbocycles. The van der Waals surface area contributed by atoms with E-state index in [1.54, 1.807) is 6.92 Å². The largest absolute Gasteiger partial charge is 0.289 e. The third-order valence-electron chi connectivity index (χ3n) is 4.26. The van der Waals surface area contributed by atoms with Crippen LogP contribution in [0.4, 0.5) is 5.69 Å². The molecular formula is C19H20ClN3O3S. The second-order valence-electron chi connectivity index (χ2n) is 6.18. The minimum absolute atomic E-state index is 0.0610. The topological polar surface area (TPSA) is 81.1 Å². The molecule has 0 radical (unpaired) electrons. The Bertz CT molecular complexity index is 1160. The van der Waals surface area contributed by atoms with Gasteiger partial charge in [-0.1, -0.05) is 37.9 Å². The second-order valence-corrected chi connectivity index (χ2v) is 8.86. The molecule has 0 aliphatic rings. The number of hydrogen-bond acceptors (Lipinski definition) is 5. The first-order valence-corrected chi connectivity index (χ1v) is 10.7. The number of anilines is 1. The zero-order valence-electron chi connectivity index (χ0n) is 15.1. The Balaban J connectivity index is 2.11. The van der Waals surface area contributed by atoms with Crippen molar-refractivity contribution in [2.24, 2.45) is 0 Å². The average molecular weight is 406 g/mol. The van der Waals surface area contributed by atoms with Gasteiger partial charge >= 0.3 is 0 Å². The number of nitrogens with zero attached hydrogens (tertiary/aromatic N) is 2. The maximum Gasteiger partial charge on any atom is 0.280 e. The summed E-state index contributed by atoms with van der Waals surface area (Å²) in [5.41, 5.74) is 4.41. The first-order valence-electron chi connectivity index (χ1n) is 8.65. The molecule has 0 amide bonds. The Morgan fingerprint density at radius 1 is 1.15 bits per heavy atom. The maximum atomic E-state index is 12.9. The SMILES string of the molecule is CCCc1ccc2ncn(Nc3cc(Cl)ccc3S(=O)(=O)CC)c(=O)c2c1. The summed E-state index contributed by atoms with van der Waals surface area (Å²) in [7, 11) is -3.49. The van der Waals surface area contributed by atoms with E-state index in [4.69, 9.17) is 11.6 Å². The average Bonchev–Trinajstić information content (AvgIpc) is 2.64. The fraction of sp³-hybridized carbons (Fsp3) is 0.263. The highest BCUT2D eigenvalue weighted by Gasteiger charge is 2.18. The normalized spacial score (nSPS) is 11.7. The van der Waals surface area contributed by atoms with Gasteiger partial charge in [0.25, 0.3) is 5.56 Å². The van der Waals surface area contributed by atoms with Gasteiger partial charge in [-0.15, -0.1) is 0 Å². The smallest absolute Gasteiger partial charge is 0.280 e. The van der Waals surface area contributed by atoms with Crippen LogP contribution in [0.3, 0.4) is 0 Å². The molecule has 1 heterocycles. The molecule has 142 valence electrons.